The Labute approximate surface area is 109 Å². The van der Waals surface area contributed by atoms with Gasteiger partial charge in [-0.25, -0.2) is 0 Å². The number of nitrogens with zero attached hydrogens (tertiary/aromatic N) is 1. The van der Waals surface area contributed by atoms with Crippen molar-refractivity contribution in [1.82, 2.24) is 0 Å². The molecule has 0 aliphatic heterocycles. The van der Waals surface area contributed by atoms with Crippen LogP contribution < -0.4 is 9.64 Å². The molecule has 0 saturated heterocycles. The predicted molar refractivity (Wildman–Crippen MR) is 74.2 cm³/mol. The van der Waals surface area contributed by atoms with Gasteiger partial charge in [-0.2, -0.15) is 0 Å². The number of methoxy groups -OCH3 is 1. The van der Waals surface area contributed by atoms with Gasteiger partial charge in [0.15, 0.2) is 0 Å². The van der Waals surface area contributed by atoms with E-state index in [1.807, 2.05) is 12.1 Å². The topological polar surface area (TPSA) is 32.7 Å². The number of anilines is 1. The van der Waals surface area contributed by atoms with Crippen molar-refractivity contribution in [2.45, 2.75) is 32.8 Å². The minimum absolute atomic E-state index is 0.510. The van der Waals surface area contributed by atoms with Crippen LogP contribution in [0.25, 0.3) is 0 Å². The largest absolute Gasteiger partial charge is 0.496 e. The molecule has 1 aromatic carbocycles. The molecule has 0 bridgehead atoms. The van der Waals surface area contributed by atoms with E-state index in [9.17, 15) is 5.11 Å². The summed E-state index contributed by atoms with van der Waals surface area (Å²) in [4.78, 5) is 2.35. The van der Waals surface area contributed by atoms with Crippen molar-refractivity contribution < 1.29 is 9.84 Å². The minimum Gasteiger partial charge on any atom is -0.496 e. The standard InChI is InChI=1S/C15H23NO2/c1-4-16(10-12-8-9-12)13-6-5-7-14(18-3)15(13)11(2)17/h5-7,11-12,17H,4,8-10H2,1-3H3/t11-/m1/s1. The van der Waals surface area contributed by atoms with Gasteiger partial charge in [0.05, 0.1) is 13.2 Å². The maximum absolute atomic E-state index is 10.0. The second kappa shape index (κ2) is 5.61. The minimum atomic E-state index is -0.510. The van der Waals surface area contributed by atoms with Crippen molar-refractivity contribution in [1.29, 1.82) is 0 Å². The van der Waals surface area contributed by atoms with E-state index in [2.05, 4.69) is 17.9 Å². The Morgan fingerprint density at radius 1 is 1.44 bits per heavy atom. The summed E-state index contributed by atoms with van der Waals surface area (Å²) >= 11 is 0. The Morgan fingerprint density at radius 3 is 2.67 bits per heavy atom. The van der Waals surface area contributed by atoms with Crippen LogP contribution in [0.5, 0.6) is 5.75 Å². The maximum atomic E-state index is 10.0. The number of hydrogen-bond acceptors (Lipinski definition) is 3. The SMILES string of the molecule is CCN(CC1CC1)c1cccc(OC)c1[C@@H](C)O. The van der Waals surface area contributed by atoms with Crippen LogP contribution in [0.3, 0.4) is 0 Å². The van der Waals surface area contributed by atoms with Crippen molar-refractivity contribution in [3.05, 3.63) is 23.8 Å². The summed E-state index contributed by atoms with van der Waals surface area (Å²) in [5.41, 5.74) is 2.02. The first-order chi connectivity index (χ1) is 8.67. The molecule has 0 radical (unpaired) electrons. The molecule has 0 heterocycles. The number of hydrogen-bond donors (Lipinski definition) is 1. The van der Waals surface area contributed by atoms with Crippen molar-refractivity contribution >= 4 is 5.69 Å². The lowest BCUT2D eigenvalue weighted by Gasteiger charge is -2.27. The van der Waals surface area contributed by atoms with Crippen LogP contribution >= 0.6 is 0 Å². The highest BCUT2D eigenvalue weighted by Crippen LogP contribution is 2.37. The Kier molecular flexibility index (Phi) is 4.12. The zero-order valence-corrected chi connectivity index (χ0v) is 11.5. The van der Waals surface area contributed by atoms with Crippen LogP contribution in [0.1, 0.15) is 38.4 Å². The smallest absolute Gasteiger partial charge is 0.126 e. The molecule has 1 N–H and O–H groups in total. The molecule has 1 fully saturated rings. The third-order valence-electron chi connectivity index (χ3n) is 3.58. The average Bonchev–Trinajstić information content (AvgIpc) is 3.18. The van der Waals surface area contributed by atoms with Crippen molar-refractivity contribution in [2.24, 2.45) is 5.92 Å². The van der Waals surface area contributed by atoms with E-state index in [1.54, 1.807) is 14.0 Å². The number of rotatable bonds is 6. The highest BCUT2D eigenvalue weighted by molar-refractivity contribution is 5.60. The molecule has 18 heavy (non-hydrogen) atoms. The Hall–Kier alpha value is -1.22. The molecule has 100 valence electrons. The first kappa shape index (κ1) is 13.2. The number of aliphatic hydroxyl groups is 1. The van der Waals surface area contributed by atoms with Crippen LogP contribution in [0.2, 0.25) is 0 Å². The highest BCUT2D eigenvalue weighted by Gasteiger charge is 2.26. The molecule has 1 atom stereocenters. The quantitative estimate of drug-likeness (QED) is 0.841. The van der Waals surface area contributed by atoms with Crippen LogP contribution in [-0.2, 0) is 0 Å². The zero-order valence-electron chi connectivity index (χ0n) is 11.5. The van der Waals surface area contributed by atoms with E-state index in [0.717, 1.165) is 36.0 Å². The van der Waals surface area contributed by atoms with Gasteiger partial charge in [-0.05, 0) is 44.7 Å². The normalized spacial score (nSPS) is 16.4. The summed E-state index contributed by atoms with van der Waals surface area (Å²) in [5.74, 6) is 1.61. The van der Waals surface area contributed by atoms with Gasteiger partial charge in [-0.1, -0.05) is 6.07 Å². The first-order valence-corrected chi connectivity index (χ1v) is 6.77. The summed E-state index contributed by atoms with van der Waals surface area (Å²) in [6.45, 7) is 6.01. The Bertz CT molecular complexity index is 399. The summed E-state index contributed by atoms with van der Waals surface area (Å²) in [7, 11) is 1.65. The molecule has 0 unspecified atom stereocenters. The molecule has 3 nitrogen and oxygen atoms in total. The maximum Gasteiger partial charge on any atom is 0.126 e. The van der Waals surface area contributed by atoms with Crippen LogP contribution in [-0.4, -0.2) is 25.3 Å². The number of aliphatic hydroxyl groups excluding tert-OH is 1. The third kappa shape index (κ3) is 2.78. The molecular weight excluding hydrogens is 226 g/mol. The van der Waals surface area contributed by atoms with Gasteiger partial charge in [-0.3, -0.25) is 0 Å². The summed E-state index contributed by atoms with van der Waals surface area (Å²) < 4.78 is 5.38. The van der Waals surface area contributed by atoms with Gasteiger partial charge in [0.25, 0.3) is 0 Å². The van der Waals surface area contributed by atoms with Gasteiger partial charge < -0.3 is 14.7 Å². The molecule has 3 heteroatoms. The van der Waals surface area contributed by atoms with E-state index >= 15 is 0 Å². The Morgan fingerprint density at radius 2 is 2.17 bits per heavy atom. The van der Waals surface area contributed by atoms with Crippen LogP contribution in [0.15, 0.2) is 18.2 Å². The molecule has 0 amide bonds. The van der Waals surface area contributed by atoms with Crippen molar-refractivity contribution in [2.75, 3.05) is 25.1 Å². The molecule has 0 spiro atoms. The van der Waals surface area contributed by atoms with Crippen molar-refractivity contribution in [3.8, 4) is 5.75 Å². The fraction of sp³-hybridized carbons (Fsp3) is 0.600. The van der Waals surface area contributed by atoms with Crippen molar-refractivity contribution in [3.63, 3.8) is 0 Å². The van der Waals surface area contributed by atoms with E-state index in [-0.39, 0.29) is 0 Å². The molecule has 2 rings (SSSR count). The average molecular weight is 249 g/mol. The first-order valence-electron chi connectivity index (χ1n) is 6.77. The lowest BCUT2D eigenvalue weighted by Crippen LogP contribution is -2.26. The summed E-state index contributed by atoms with van der Waals surface area (Å²) in [5, 5.41) is 10.0. The molecule has 1 aliphatic rings. The monoisotopic (exact) mass is 249 g/mol. The van der Waals surface area contributed by atoms with E-state index in [1.165, 1.54) is 12.8 Å². The number of ether oxygens (including phenoxy) is 1. The van der Waals surface area contributed by atoms with Gasteiger partial charge in [0.1, 0.15) is 5.75 Å². The van der Waals surface area contributed by atoms with E-state index < -0.39 is 6.10 Å². The molecule has 0 aromatic heterocycles. The van der Waals surface area contributed by atoms with Gasteiger partial charge >= 0.3 is 0 Å². The fourth-order valence-corrected chi connectivity index (χ4v) is 2.42. The third-order valence-corrected chi connectivity index (χ3v) is 3.58. The second-order valence-corrected chi connectivity index (χ2v) is 5.05. The second-order valence-electron chi connectivity index (χ2n) is 5.05. The molecule has 1 aromatic rings. The fourth-order valence-electron chi connectivity index (χ4n) is 2.42. The van der Waals surface area contributed by atoms with Gasteiger partial charge in [-0.15, -0.1) is 0 Å². The lowest BCUT2D eigenvalue weighted by atomic mass is 10.1. The predicted octanol–water partition coefficient (Wildman–Crippen LogP) is 2.98. The van der Waals surface area contributed by atoms with Gasteiger partial charge in [0, 0.05) is 24.3 Å². The molecule has 1 aliphatic carbocycles. The molecular formula is C15H23NO2. The van der Waals surface area contributed by atoms with Crippen LogP contribution in [0, 0.1) is 5.92 Å². The molecule has 1 saturated carbocycles. The zero-order chi connectivity index (χ0) is 13.1. The summed E-state index contributed by atoms with van der Waals surface area (Å²) in [6, 6.07) is 5.99. The number of benzene rings is 1. The van der Waals surface area contributed by atoms with E-state index in [0.29, 0.717) is 0 Å². The summed E-state index contributed by atoms with van der Waals surface area (Å²) in [6.07, 6.45) is 2.17. The van der Waals surface area contributed by atoms with Gasteiger partial charge in [0.2, 0.25) is 0 Å². The van der Waals surface area contributed by atoms with E-state index in [4.69, 9.17) is 4.74 Å². The van der Waals surface area contributed by atoms with Crippen LogP contribution in [0.4, 0.5) is 5.69 Å². The highest BCUT2D eigenvalue weighted by atomic mass is 16.5. The lowest BCUT2D eigenvalue weighted by molar-refractivity contribution is 0.194. The Balaban J connectivity index is 2.33.